The lowest BCUT2D eigenvalue weighted by atomic mass is 10.1. The van der Waals surface area contributed by atoms with Gasteiger partial charge in [0.2, 0.25) is 0 Å². The molecule has 0 aromatic rings. The third-order valence-corrected chi connectivity index (χ3v) is 9.50. The molecule has 64 heavy (non-hydrogen) atoms. The highest BCUT2D eigenvalue weighted by Crippen LogP contribution is 2.11. The van der Waals surface area contributed by atoms with Crippen LogP contribution in [0.2, 0.25) is 0 Å². The largest absolute Gasteiger partial charge is 0.462 e. The summed E-state index contributed by atoms with van der Waals surface area (Å²) in [5.41, 5.74) is 0. The van der Waals surface area contributed by atoms with E-state index in [1.807, 2.05) is 60.8 Å². The number of unbranched alkanes of at least 4 members (excludes halogenated alkanes) is 12. The van der Waals surface area contributed by atoms with Gasteiger partial charge in [0, 0.05) is 19.3 Å². The standard InChI is InChI=1S/C58H86O6/c1-4-7-10-13-16-19-22-24-26-28-30-31-33-36-39-42-45-48-51-57(60)63-54-55(53-62-56(59)50-47-44-41-38-35-21-18-15-12-9-6-3)64-58(61)52-49-46-43-40-37-34-32-29-27-25-23-20-17-14-11-8-5-2/h8-9,11-12,14,16-32,34,37-38,41,55H,4-7,10,13,15,33,35-36,39-40,42-54H2,1-3H3/b11-8-,12-9-,17-14-,19-16-,21-18-,23-20-,24-22-,27-25-,28-26-,31-30-,32-29+,37-34-,41-38-. The van der Waals surface area contributed by atoms with Gasteiger partial charge in [-0.05, 0) is 89.9 Å². The average molecular weight is 879 g/mol. The van der Waals surface area contributed by atoms with Crippen molar-refractivity contribution in [3.63, 3.8) is 0 Å². The molecule has 0 bridgehead atoms. The zero-order valence-electron chi connectivity index (χ0n) is 40.2. The second-order valence-electron chi connectivity index (χ2n) is 15.5. The van der Waals surface area contributed by atoms with Crippen molar-refractivity contribution in [3.8, 4) is 0 Å². The van der Waals surface area contributed by atoms with Crippen LogP contribution in [0.4, 0.5) is 0 Å². The van der Waals surface area contributed by atoms with E-state index in [0.717, 1.165) is 96.3 Å². The predicted molar refractivity (Wildman–Crippen MR) is 274 cm³/mol. The highest BCUT2D eigenvalue weighted by atomic mass is 16.6. The summed E-state index contributed by atoms with van der Waals surface area (Å²) in [6.07, 6.45) is 73.7. The molecule has 6 nitrogen and oxygen atoms in total. The predicted octanol–water partition coefficient (Wildman–Crippen LogP) is 16.2. The minimum Gasteiger partial charge on any atom is -0.462 e. The molecule has 0 aromatic heterocycles. The van der Waals surface area contributed by atoms with Crippen molar-refractivity contribution in [2.24, 2.45) is 0 Å². The van der Waals surface area contributed by atoms with Crippen LogP contribution in [0.3, 0.4) is 0 Å². The van der Waals surface area contributed by atoms with Crippen LogP contribution < -0.4 is 0 Å². The lowest BCUT2D eigenvalue weighted by Gasteiger charge is -2.18. The molecule has 0 saturated carbocycles. The van der Waals surface area contributed by atoms with E-state index >= 15 is 0 Å². The van der Waals surface area contributed by atoms with Crippen LogP contribution in [0.25, 0.3) is 0 Å². The van der Waals surface area contributed by atoms with E-state index in [-0.39, 0.29) is 44.0 Å². The number of hydrogen-bond acceptors (Lipinski definition) is 6. The van der Waals surface area contributed by atoms with Gasteiger partial charge in [-0.15, -0.1) is 0 Å². The molecule has 0 radical (unpaired) electrons. The molecule has 0 aliphatic rings. The molecule has 0 fully saturated rings. The lowest BCUT2D eigenvalue weighted by Crippen LogP contribution is -2.30. The average Bonchev–Trinajstić information content (AvgIpc) is 3.29. The van der Waals surface area contributed by atoms with Gasteiger partial charge in [0.25, 0.3) is 0 Å². The summed E-state index contributed by atoms with van der Waals surface area (Å²) in [6, 6.07) is 0. The smallest absolute Gasteiger partial charge is 0.306 e. The Balaban J connectivity index is 4.61. The van der Waals surface area contributed by atoms with Gasteiger partial charge in [-0.25, -0.2) is 0 Å². The van der Waals surface area contributed by atoms with Crippen molar-refractivity contribution in [2.45, 2.75) is 175 Å². The van der Waals surface area contributed by atoms with Crippen LogP contribution >= 0.6 is 0 Å². The molecule has 0 saturated heterocycles. The van der Waals surface area contributed by atoms with E-state index in [9.17, 15) is 14.4 Å². The minimum absolute atomic E-state index is 0.133. The maximum absolute atomic E-state index is 12.8. The van der Waals surface area contributed by atoms with Gasteiger partial charge >= 0.3 is 17.9 Å². The van der Waals surface area contributed by atoms with Gasteiger partial charge < -0.3 is 14.2 Å². The fourth-order valence-corrected chi connectivity index (χ4v) is 5.86. The van der Waals surface area contributed by atoms with Crippen LogP contribution in [0, 0.1) is 0 Å². The maximum Gasteiger partial charge on any atom is 0.306 e. The number of esters is 3. The Bertz CT molecular complexity index is 1520. The Labute approximate surface area is 390 Å². The molecule has 0 spiro atoms. The van der Waals surface area contributed by atoms with Crippen LogP contribution in [-0.4, -0.2) is 37.2 Å². The van der Waals surface area contributed by atoms with Gasteiger partial charge in [0.1, 0.15) is 13.2 Å². The SMILES string of the molecule is CC\C=C/C=C\C=C/C=C\C=C\C=C/CCCCCC(=O)OC(COC(=O)CCC/C=C\C/C=C\C/C=C\CC)COC(=O)CCCCCCC\C=C/C=C\C=C/C=C\CCCCC. The molecule has 0 heterocycles. The van der Waals surface area contributed by atoms with E-state index in [0.29, 0.717) is 19.3 Å². The summed E-state index contributed by atoms with van der Waals surface area (Å²) >= 11 is 0. The summed E-state index contributed by atoms with van der Waals surface area (Å²) in [5, 5.41) is 0. The molecular weight excluding hydrogens is 793 g/mol. The summed E-state index contributed by atoms with van der Waals surface area (Å²) in [5.74, 6) is -1.07. The summed E-state index contributed by atoms with van der Waals surface area (Å²) in [6.45, 7) is 6.19. The Morgan fingerprint density at radius 3 is 1.20 bits per heavy atom. The molecule has 6 heteroatoms. The van der Waals surface area contributed by atoms with Crippen LogP contribution in [0.5, 0.6) is 0 Å². The minimum atomic E-state index is -0.839. The van der Waals surface area contributed by atoms with Crippen molar-refractivity contribution in [1.29, 1.82) is 0 Å². The molecule has 0 N–H and O–H groups in total. The van der Waals surface area contributed by atoms with E-state index < -0.39 is 6.10 Å². The van der Waals surface area contributed by atoms with Gasteiger partial charge in [0.05, 0.1) is 0 Å². The first-order valence-electron chi connectivity index (χ1n) is 24.6. The molecule has 0 aliphatic carbocycles. The number of allylic oxidation sites excluding steroid dienone is 26. The normalized spacial score (nSPS) is 13.5. The molecular formula is C58H86O6. The summed E-state index contributed by atoms with van der Waals surface area (Å²) in [7, 11) is 0. The molecule has 0 rings (SSSR count). The molecule has 0 amide bonds. The third kappa shape index (κ3) is 48.1. The Hall–Kier alpha value is -4.97. The lowest BCUT2D eigenvalue weighted by molar-refractivity contribution is -0.167. The van der Waals surface area contributed by atoms with E-state index in [1.54, 1.807) is 0 Å². The fraction of sp³-hybridized carbons (Fsp3) is 0.500. The Morgan fingerprint density at radius 1 is 0.344 bits per heavy atom. The van der Waals surface area contributed by atoms with Crippen LogP contribution in [0.15, 0.2) is 158 Å². The first-order valence-corrected chi connectivity index (χ1v) is 24.6. The van der Waals surface area contributed by atoms with Crippen molar-refractivity contribution in [3.05, 3.63) is 158 Å². The van der Waals surface area contributed by atoms with Gasteiger partial charge in [-0.1, -0.05) is 217 Å². The molecule has 1 unspecified atom stereocenters. The van der Waals surface area contributed by atoms with E-state index in [2.05, 4.69) is 118 Å². The quantitative estimate of drug-likeness (QED) is 0.0200. The summed E-state index contributed by atoms with van der Waals surface area (Å²) in [4.78, 5) is 37.9. The molecule has 354 valence electrons. The van der Waals surface area contributed by atoms with Crippen molar-refractivity contribution >= 4 is 17.9 Å². The maximum atomic E-state index is 12.8. The molecule has 1 atom stereocenters. The zero-order chi connectivity index (χ0) is 46.5. The number of hydrogen-bond donors (Lipinski definition) is 0. The van der Waals surface area contributed by atoms with Gasteiger partial charge in [0.15, 0.2) is 6.10 Å². The number of carbonyl (C=O) groups is 3. The summed E-state index contributed by atoms with van der Waals surface area (Å²) < 4.78 is 16.6. The van der Waals surface area contributed by atoms with Crippen molar-refractivity contribution < 1.29 is 28.6 Å². The molecule has 0 aromatic carbocycles. The van der Waals surface area contributed by atoms with E-state index in [4.69, 9.17) is 14.2 Å². The number of ether oxygens (including phenoxy) is 3. The van der Waals surface area contributed by atoms with Gasteiger partial charge in [-0.3, -0.25) is 14.4 Å². The fourth-order valence-electron chi connectivity index (χ4n) is 5.86. The molecule has 0 aliphatic heterocycles. The van der Waals surface area contributed by atoms with Crippen LogP contribution in [0.1, 0.15) is 168 Å². The van der Waals surface area contributed by atoms with E-state index in [1.165, 1.54) is 19.3 Å². The first kappa shape index (κ1) is 59.0. The Kier molecular flexibility index (Phi) is 46.7. The first-order chi connectivity index (χ1) is 31.5. The zero-order valence-corrected chi connectivity index (χ0v) is 40.2. The van der Waals surface area contributed by atoms with Gasteiger partial charge in [-0.2, -0.15) is 0 Å². The topological polar surface area (TPSA) is 78.9 Å². The van der Waals surface area contributed by atoms with Crippen molar-refractivity contribution in [2.75, 3.05) is 13.2 Å². The van der Waals surface area contributed by atoms with Crippen LogP contribution in [-0.2, 0) is 28.6 Å². The highest BCUT2D eigenvalue weighted by molar-refractivity contribution is 5.71. The second-order valence-corrected chi connectivity index (χ2v) is 15.5. The van der Waals surface area contributed by atoms with Crippen molar-refractivity contribution in [1.82, 2.24) is 0 Å². The third-order valence-electron chi connectivity index (χ3n) is 9.50. The monoisotopic (exact) mass is 879 g/mol. The number of rotatable bonds is 41. The number of carbonyl (C=O) groups excluding carboxylic acids is 3. The second kappa shape index (κ2) is 50.7. The Morgan fingerprint density at radius 2 is 0.703 bits per heavy atom. The highest BCUT2D eigenvalue weighted by Gasteiger charge is 2.19.